The van der Waals surface area contributed by atoms with E-state index in [1.165, 1.54) is 19.1 Å². The topological polar surface area (TPSA) is 79.2 Å². The molecule has 0 spiro atoms. The molecule has 0 fully saturated rings. The lowest BCUT2D eigenvalue weighted by Gasteiger charge is -2.14. The van der Waals surface area contributed by atoms with Crippen LogP contribution in [0, 0.1) is 11.3 Å². The van der Waals surface area contributed by atoms with E-state index in [4.69, 9.17) is 21.6 Å². The van der Waals surface area contributed by atoms with E-state index < -0.39 is 18.0 Å². The Morgan fingerprint density at radius 3 is 2.57 bits per heavy atom. The molecule has 5 nitrogen and oxygen atoms in total. The summed E-state index contributed by atoms with van der Waals surface area (Å²) in [5.41, 5.74) is 1.55. The van der Waals surface area contributed by atoms with Gasteiger partial charge in [-0.15, -0.1) is 0 Å². The molecule has 0 heterocycles. The van der Waals surface area contributed by atoms with Gasteiger partial charge in [0.25, 0.3) is 5.91 Å². The maximum absolute atomic E-state index is 12.2. The van der Waals surface area contributed by atoms with Crippen molar-refractivity contribution in [2.24, 2.45) is 0 Å². The van der Waals surface area contributed by atoms with Crippen LogP contribution >= 0.6 is 11.6 Å². The Balaban J connectivity index is 1.59. The van der Waals surface area contributed by atoms with Crippen LogP contribution < -0.4 is 5.32 Å². The molecule has 1 atom stereocenters. The third kappa shape index (κ3) is 4.67. The summed E-state index contributed by atoms with van der Waals surface area (Å²) in [6, 6.07) is 20.1. The molecule has 3 rings (SSSR count). The van der Waals surface area contributed by atoms with Crippen LogP contribution in [-0.4, -0.2) is 18.0 Å². The molecule has 0 unspecified atom stereocenters. The number of benzene rings is 3. The first-order valence-corrected chi connectivity index (χ1v) is 9.02. The molecule has 0 aliphatic rings. The van der Waals surface area contributed by atoms with Crippen LogP contribution in [0.15, 0.2) is 60.7 Å². The summed E-state index contributed by atoms with van der Waals surface area (Å²) in [6.45, 7) is 1.50. The van der Waals surface area contributed by atoms with Gasteiger partial charge in [0.15, 0.2) is 6.10 Å². The second-order valence-electron chi connectivity index (χ2n) is 6.29. The number of carbonyl (C=O) groups is 2. The van der Waals surface area contributed by atoms with E-state index >= 15 is 0 Å². The van der Waals surface area contributed by atoms with Crippen LogP contribution in [-0.2, 0) is 20.7 Å². The molecular weight excluding hydrogens is 376 g/mol. The van der Waals surface area contributed by atoms with Crippen molar-refractivity contribution in [3.8, 4) is 6.07 Å². The van der Waals surface area contributed by atoms with Gasteiger partial charge in [-0.1, -0.05) is 54.1 Å². The van der Waals surface area contributed by atoms with Crippen LogP contribution in [0.1, 0.15) is 18.1 Å². The number of esters is 1. The van der Waals surface area contributed by atoms with Crippen molar-refractivity contribution in [2.75, 3.05) is 5.32 Å². The van der Waals surface area contributed by atoms with Crippen LogP contribution in [0.5, 0.6) is 0 Å². The van der Waals surface area contributed by atoms with Gasteiger partial charge in [0.05, 0.1) is 17.0 Å². The Hall–Kier alpha value is -3.36. The fourth-order valence-electron chi connectivity index (χ4n) is 2.74. The number of hydrogen-bond acceptors (Lipinski definition) is 4. The van der Waals surface area contributed by atoms with E-state index in [1.54, 1.807) is 6.07 Å². The van der Waals surface area contributed by atoms with Crippen molar-refractivity contribution in [2.45, 2.75) is 19.4 Å². The Kier molecular flexibility index (Phi) is 5.93. The van der Waals surface area contributed by atoms with Crippen molar-refractivity contribution in [1.29, 1.82) is 5.26 Å². The van der Waals surface area contributed by atoms with Gasteiger partial charge >= 0.3 is 5.97 Å². The predicted octanol–water partition coefficient (Wildman–Crippen LogP) is 4.48. The van der Waals surface area contributed by atoms with E-state index in [0.29, 0.717) is 11.3 Å². The van der Waals surface area contributed by atoms with Crippen molar-refractivity contribution in [3.63, 3.8) is 0 Å². The highest BCUT2D eigenvalue weighted by molar-refractivity contribution is 6.32. The molecule has 0 bridgehead atoms. The van der Waals surface area contributed by atoms with E-state index in [9.17, 15) is 9.59 Å². The summed E-state index contributed by atoms with van der Waals surface area (Å²) in [4.78, 5) is 24.4. The molecule has 1 amide bonds. The maximum Gasteiger partial charge on any atom is 0.311 e. The van der Waals surface area contributed by atoms with E-state index in [0.717, 1.165) is 16.3 Å². The number of nitriles is 1. The van der Waals surface area contributed by atoms with E-state index in [1.807, 2.05) is 48.5 Å². The van der Waals surface area contributed by atoms with Crippen LogP contribution in [0.3, 0.4) is 0 Å². The van der Waals surface area contributed by atoms with E-state index in [-0.39, 0.29) is 11.4 Å². The number of halogens is 1. The standard InChI is InChI=1S/C22H17ClN2O3/c1-14(22(27)25-19-9-8-18(13-24)20(23)12-19)28-21(26)11-15-6-7-16-4-2-3-5-17(16)10-15/h2-10,12,14H,11H2,1H3,(H,25,27)/t14-/m1/s1. The predicted molar refractivity (Wildman–Crippen MR) is 108 cm³/mol. The van der Waals surface area contributed by atoms with Crippen molar-refractivity contribution in [1.82, 2.24) is 0 Å². The van der Waals surface area contributed by atoms with Gasteiger partial charge in [0, 0.05) is 5.69 Å². The lowest BCUT2D eigenvalue weighted by atomic mass is 10.1. The molecule has 0 saturated heterocycles. The number of anilines is 1. The minimum atomic E-state index is -0.970. The van der Waals surface area contributed by atoms with Crippen LogP contribution in [0.4, 0.5) is 5.69 Å². The van der Waals surface area contributed by atoms with Crippen LogP contribution in [0.25, 0.3) is 10.8 Å². The molecular formula is C22H17ClN2O3. The Bertz CT molecular complexity index is 1090. The lowest BCUT2D eigenvalue weighted by molar-refractivity contribution is -0.152. The molecule has 0 saturated carbocycles. The fraction of sp³-hybridized carbons (Fsp3) is 0.136. The van der Waals surface area contributed by atoms with Gasteiger partial charge in [-0.05, 0) is 41.5 Å². The maximum atomic E-state index is 12.2. The number of rotatable bonds is 5. The molecule has 0 aliphatic heterocycles. The zero-order chi connectivity index (χ0) is 20.1. The summed E-state index contributed by atoms with van der Waals surface area (Å²) in [5, 5.41) is 13.9. The summed E-state index contributed by atoms with van der Waals surface area (Å²) in [5.74, 6) is -0.969. The Morgan fingerprint density at radius 2 is 1.86 bits per heavy atom. The SMILES string of the molecule is C[C@@H](OC(=O)Cc1ccc2ccccc2c1)C(=O)Nc1ccc(C#N)c(Cl)c1. The molecule has 0 radical (unpaired) electrons. The minimum absolute atomic E-state index is 0.0746. The second-order valence-corrected chi connectivity index (χ2v) is 6.69. The number of amides is 1. The quantitative estimate of drug-likeness (QED) is 0.649. The molecule has 3 aromatic carbocycles. The van der Waals surface area contributed by atoms with Gasteiger partial charge in [0.1, 0.15) is 6.07 Å². The molecule has 140 valence electrons. The number of fused-ring (bicyclic) bond motifs is 1. The molecule has 6 heteroatoms. The summed E-state index contributed by atoms with van der Waals surface area (Å²) < 4.78 is 5.24. The molecule has 0 aromatic heterocycles. The smallest absolute Gasteiger partial charge is 0.311 e. The first-order chi connectivity index (χ1) is 13.5. The number of carbonyl (C=O) groups excluding carboxylic acids is 2. The Morgan fingerprint density at radius 1 is 1.11 bits per heavy atom. The minimum Gasteiger partial charge on any atom is -0.452 e. The number of nitrogens with zero attached hydrogens (tertiary/aromatic N) is 1. The number of ether oxygens (including phenoxy) is 1. The monoisotopic (exact) mass is 392 g/mol. The highest BCUT2D eigenvalue weighted by Crippen LogP contribution is 2.20. The van der Waals surface area contributed by atoms with Gasteiger partial charge in [-0.2, -0.15) is 5.26 Å². The van der Waals surface area contributed by atoms with Crippen LogP contribution in [0.2, 0.25) is 5.02 Å². The van der Waals surface area contributed by atoms with Crippen molar-refractivity contribution >= 4 is 39.9 Å². The third-order valence-electron chi connectivity index (χ3n) is 4.20. The van der Waals surface area contributed by atoms with Gasteiger partial charge in [0.2, 0.25) is 0 Å². The third-order valence-corrected chi connectivity index (χ3v) is 4.51. The lowest BCUT2D eigenvalue weighted by Crippen LogP contribution is -2.30. The largest absolute Gasteiger partial charge is 0.452 e. The molecule has 1 N–H and O–H groups in total. The summed E-state index contributed by atoms with van der Waals surface area (Å²) in [6.07, 6.45) is -0.895. The zero-order valence-electron chi connectivity index (χ0n) is 15.1. The zero-order valence-corrected chi connectivity index (χ0v) is 15.9. The van der Waals surface area contributed by atoms with Gasteiger partial charge in [-0.25, -0.2) is 0 Å². The van der Waals surface area contributed by atoms with Gasteiger partial charge < -0.3 is 10.1 Å². The summed E-state index contributed by atoms with van der Waals surface area (Å²) in [7, 11) is 0. The number of nitrogens with one attached hydrogen (secondary N) is 1. The fourth-order valence-corrected chi connectivity index (χ4v) is 2.96. The highest BCUT2D eigenvalue weighted by Gasteiger charge is 2.18. The van der Waals surface area contributed by atoms with Crippen molar-refractivity contribution < 1.29 is 14.3 Å². The average molecular weight is 393 g/mol. The molecule has 0 aliphatic carbocycles. The molecule has 3 aromatic rings. The first kappa shape index (κ1) is 19.4. The normalized spacial score (nSPS) is 11.5. The number of hydrogen-bond donors (Lipinski definition) is 1. The van der Waals surface area contributed by atoms with Crippen molar-refractivity contribution in [3.05, 3.63) is 76.8 Å². The molecule has 28 heavy (non-hydrogen) atoms. The average Bonchev–Trinajstić information content (AvgIpc) is 2.68. The second kappa shape index (κ2) is 8.55. The van der Waals surface area contributed by atoms with E-state index in [2.05, 4.69) is 5.32 Å². The first-order valence-electron chi connectivity index (χ1n) is 8.64. The highest BCUT2D eigenvalue weighted by atomic mass is 35.5. The van der Waals surface area contributed by atoms with Gasteiger partial charge in [-0.3, -0.25) is 9.59 Å². The Labute approximate surface area is 167 Å². The summed E-state index contributed by atoms with van der Waals surface area (Å²) >= 11 is 5.95.